The second-order valence-corrected chi connectivity index (χ2v) is 8.31. The van der Waals surface area contributed by atoms with E-state index >= 15 is 0 Å². The topological polar surface area (TPSA) is 61.4 Å². The van der Waals surface area contributed by atoms with E-state index in [9.17, 15) is 14.0 Å². The Labute approximate surface area is 165 Å². The van der Waals surface area contributed by atoms with Gasteiger partial charge < -0.3 is 10.6 Å². The van der Waals surface area contributed by atoms with Crippen LogP contribution in [-0.2, 0) is 4.79 Å². The Morgan fingerprint density at radius 3 is 2.52 bits per heavy atom. The number of likely N-dealkylation sites (tertiary alicyclic amines) is 1. The molecule has 1 aromatic carbocycles. The predicted octanol–water partition coefficient (Wildman–Crippen LogP) is 3.23. The number of hydrogen-bond acceptors (Lipinski definition) is 3. The molecular weight excluding hydrogens is 369 g/mol. The third-order valence-corrected chi connectivity index (χ3v) is 5.33. The maximum Gasteiger partial charge on any atom is 0.251 e. The van der Waals surface area contributed by atoms with Gasteiger partial charge in [-0.15, -0.1) is 0 Å². The fourth-order valence-electron chi connectivity index (χ4n) is 3.08. The first-order chi connectivity index (χ1) is 12.7. The lowest BCUT2D eigenvalue weighted by molar-refractivity contribution is -0.124. The Hall–Kier alpha value is -1.66. The standard InChI is InChI=1S/C20H29ClFN3O2/c1-4-20(2,3)24-18(26)13-25-7-5-14(6-8-25)12-23-19(27)15-9-16(21)11-17(22)10-15/h9-11,14H,4-8,12-13H2,1-3H3,(H,23,27)(H,24,26). The summed E-state index contributed by atoms with van der Waals surface area (Å²) in [6, 6.07) is 3.81. The highest BCUT2D eigenvalue weighted by Crippen LogP contribution is 2.18. The Balaban J connectivity index is 1.73. The molecule has 2 rings (SSSR count). The number of nitrogens with one attached hydrogen (secondary N) is 2. The molecule has 0 aliphatic carbocycles. The smallest absolute Gasteiger partial charge is 0.251 e. The van der Waals surface area contributed by atoms with Crippen LogP contribution in [0.15, 0.2) is 18.2 Å². The average Bonchev–Trinajstić information content (AvgIpc) is 2.59. The molecule has 1 aliphatic rings. The normalized spacial score (nSPS) is 16.2. The van der Waals surface area contributed by atoms with Crippen molar-refractivity contribution in [3.63, 3.8) is 0 Å². The molecule has 5 nitrogen and oxygen atoms in total. The van der Waals surface area contributed by atoms with E-state index in [4.69, 9.17) is 11.6 Å². The summed E-state index contributed by atoms with van der Waals surface area (Å²) >= 11 is 5.79. The summed E-state index contributed by atoms with van der Waals surface area (Å²) < 4.78 is 13.4. The molecule has 1 fully saturated rings. The van der Waals surface area contributed by atoms with Crippen LogP contribution in [0.4, 0.5) is 4.39 Å². The highest BCUT2D eigenvalue weighted by molar-refractivity contribution is 6.31. The van der Waals surface area contributed by atoms with E-state index in [2.05, 4.69) is 22.5 Å². The van der Waals surface area contributed by atoms with Crippen LogP contribution < -0.4 is 10.6 Å². The highest BCUT2D eigenvalue weighted by atomic mass is 35.5. The largest absolute Gasteiger partial charge is 0.352 e. The average molecular weight is 398 g/mol. The lowest BCUT2D eigenvalue weighted by Crippen LogP contribution is -2.49. The van der Waals surface area contributed by atoms with Gasteiger partial charge in [-0.05, 0) is 70.3 Å². The third kappa shape index (κ3) is 7.11. The van der Waals surface area contributed by atoms with Crippen LogP contribution in [0.2, 0.25) is 5.02 Å². The fraction of sp³-hybridized carbons (Fsp3) is 0.600. The lowest BCUT2D eigenvalue weighted by Gasteiger charge is -2.33. The summed E-state index contributed by atoms with van der Waals surface area (Å²) in [5.41, 5.74) is 0.0482. The zero-order valence-corrected chi connectivity index (χ0v) is 17.0. The van der Waals surface area contributed by atoms with Gasteiger partial charge >= 0.3 is 0 Å². The fourth-order valence-corrected chi connectivity index (χ4v) is 3.30. The van der Waals surface area contributed by atoms with Crippen LogP contribution in [0.1, 0.15) is 50.4 Å². The van der Waals surface area contributed by atoms with Crippen LogP contribution in [0.3, 0.4) is 0 Å². The van der Waals surface area contributed by atoms with Crippen molar-refractivity contribution in [3.05, 3.63) is 34.6 Å². The number of hydrogen-bond donors (Lipinski definition) is 2. The molecule has 0 spiro atoms. The van der Waals surface area contributed by atoms with E-state index in [1.165, 1.54) is 18.2 Å². The van der Waals surface area contributed by atoms with E-state index in [1.54, 1.807) is 0 Å². The number of nitrogens with zero attached hydrogens (tertiary/aromatic N) is 1. The van der Waals surface area contributed by atoms with Crippen LogP contribution in [0, 0.1) is 11.7 Å². The lowest BCUT2D eigenvalue weighted by atomic mass is 9.96. The summed E-state index contributed by atoms with van der Waals surface area (Å²) in [7, 11) is 0. The summed E-state index contributed by atoms with van der Waals surface area (Å²) in [4.78, 5) is 26.5. The van der Waals surface area contributed by atoms with Gasteiger partial charge in [0.2, 0.25) is 5.91 Å². The third-order valence-electron chi connectivity index (χ3n) is 5.11. The van der Waals surface area contributed by atoms with E-state index < -0.39 is 5.82 Å². The monoisotopic (exact) mass is 397 g/mol. The number of amides is 2. The predicted molar refractivity (Wildman–Crippen MR) is 105 cm³/mol. The van der Waals surface area contributed by atoms with E-state index in [0.29, 0.717) is 19.0 Å². The number of rotatable bonds is 7. The zero-order chi connectivity index (χ0) is 20.0. The Morgan fingerprint density at radius 2 is 1.93 bits per heavy atom. The van der Waals surface area contributed by atoms with Crippen molar-refractivity contribution in [3.8, 4) is 0 Å². The molecular formula is C20H29ClFN3O2. The quantitative estimate of drug-likeness (QED) is 0.742. The molecule has 0 unspecified atom stereocenters. The SMILES string of the molecule is CCC(C)(C)NC(=O)CN1CCC(CNC(=O)c2cc(F)cc(Cl)c2)CC1. The van der Waals surface area contributed by atoms with Crippen molar-refractivity contribution >= 4 is 23.4 Å². The Kier molecular flexibility index (Phi) is 7.62. The van der Waals surface area contributed by atoms with Crippen LogP contribution in [0.5, 0.6) is 0 Å². The van der Waals surface area contributed by atoms with Crippen LogP contribution in [-0.4, -0.2) is 48.4 Å². The van der Waals surface area contributed by atoms with E-state index in [-0.39, 0.29) is 27.9 Å². The molecule has 0 aromatic heterocycles. The van der Waals surface area contributed by atoms with E-state index in [0.717, 1.165) is 32.4 Å². The van der Waals surface area contributed by atoms with Gasteiger partial charge in [-0.25, -0.2) is 4.39 Å². The first kappa shape index (κ1) is 21.6. The van der Waals surface area contributed by atoms with Crippen molar-refractivity contribution in [1.29, 1.82) is 0 Å². The molecule has 2 amide bonds. The molecule has 150 valence electrons. The van der Waals surface area contributed by atoms with Gasteiger partial charge in [0, 0.05) is 22.7 Å². The maximum atomic E-state index is 13.4. The summed E-state index contributed by atoms with van der Waals surface area (Å²) in [5.74, 6) is -0.438. The molecule has 2 N–H and O–H groups in total. The van der Waals surface area contributed by atoms with Gasteiger partial charge in [0.25, 0.3) is 5.91 Å². The molecule has 0 radical (unpaired) electrons. The number of benzene rings is 1. The molecule has 1 saturated heterocycles. The molecule has 7 heteroatoms. The molecule has 1 heterocycles. The summed E-state index contributed by atoms with van der Waals surface area (Å²) in [6.07, 6.45) is 2.71. The second-order valence-electron chi connectivity index (χ2n) is 7.87. The molecule has 1 aliphatic heterocycles. The van der Waals surface area contributed by atoms with Crippen LogP contribution in [0.25, 0.3) is 0 Å². The molecule has 1 aromatic rings. The van der Waals surface area contributed by atoms with E-state index in [1.807, 2.05) is 13.8 Å². The minimum atomic E-state index is -0.523. The van der Waals surface area contributed by atoms with Crippen molar-refractivity contribution in [2.45, 2.75) is 45.6 Å². The Morgan fingerprint density at radius 1 is 1.26 bits per heavy atom. The van der Waals surface area contributed by atoms with Crippen molar-refractivity contribution in [1.82, 2.24) is 15.5 Å². The number of carbonyl (C=O) groups is 2. The Bertz CT molecular complexity index is 653. The van der Waals surface area contributed by atoms with Gasteiger partial charge in [0.05, 0.1) is 6.54 Å². The van der Waals surface area contributed by atoms with Crippen molar-refractivity contribution in [2.24, 2.45) is 5.92 Å². The molecule has 0 saturated carbocycles. The number of halogens is 2. The first-order valence-corrected chi connectivity index (χ1v) is 9.84. The minimum absolute atomic E-state index is 0.0524. The molecule has 27 heavy (non-hydrogen) atoms. The minimum Gasteiger partial charge on any atom is -0.352 e. The number of carbonyl (C=O) groups excluding carboxylic acids is 2. The summed E-state index contributed by atoms with van der Waals surface area (Å²) in [6.45, 7) is 8.69. The molecule has 0 atom stereocenters. The van der Waals surface area contributed by atoms with Gasteiger partial charge in [-0.3, -0.25) is 14.5 Å². The molecule has 0 bridgehead atoms. The zero-order valence-electron chi connectivity index (χ0n) is 16.3. The van der Waals surface area contributed by atoms with Gasteiger partial charge in [-0.2, -0.15) is 0 Å². The second kappa shape index (κ2) is 9.51. The van der Waals surface area contributed by atoms with Gasteiger partial charge in [0.1, 0.15) is 5.82 Å². The first-order valence-electron chi connectivity index (χ1n) is 9.46. The summed E-state index contributed by atoms with van der Waals surface area (Å²) in [5, 5.41) is 6.11. The van der Waals surface area contributed by atoms with Gasteiger partial charge in [0.15, 0.2) is 0 Å². The maximum absolute atomic E-state index is 13.4. The van der Waals surface area contributed by atoms with Gasteiger partial charge in [-0.1, -0.05) is 18.5 Å². The van der Waals surface area contributed by atoms with Crippen molar-refractivity contribution in [2.75, 3.05) is 26.2 Å². The van der Waals surface area contributed by atoms with Crippen molar-refractivity contribution < 1.29 is 14.0 Å². The highest BCUT2D eigenvalue weighted by Gasteiger charge is 2.24. The van der Waals surface area contributed by atoms with Crippen LogP contribution >= 0.6 is 11.6 Å². The number of piperidine rings is 1.